The Bertz CT molecular complexity index is 676. The fourth-order valence-corrected chi connectivity index (χ4v) is 3.33. The molecule has 1 aromatic rings. The van der Waals surface area contributed by atoms with Gasteiger partial charge in [0.15, 0.2) is 0 Å². The van der Waals surface area contributed by atoms with Crippen LogP contribution in [0.25, 0.3) is 0 Å². The third-order valence-electron chi connectivity index (χ3n) is 4.47. The van der Waals surface area contributed by atoms with Crippen LogP contribution in [0.15, 0.2) is 35.4 Å². The largest absolute Gasteiger partial charge is 0.505 e. The van der Waals surface area contributed by atoms with Gasteiger partial charge in [0.05, 0.1) is 6.04 Å². The minimum absolute atomic E-state index is 0.0653. The van der Waals surface area contributed by atoms with Gasteiger partial charge in [0.1, 0.15) is 11.4 Å². The van der Waals surface area contributed by atoms with E-state index in [-0.39, 0.29) is 23.1 Å². The summed E-state index contributed by atoms with van der Waals surface area (Å²) in [7, 11) is 1.91. The number of aryl methyl sites for hydroxylation is 1. The van der Waals surface area contributed by atoms with Crippen LogP contribution < -0.4 is 11.0 Å². The zero-order chi connectivity index (χ0) is 18.2. The van der Waals surface area contributed by atoms with Gasteiger partial charge in [-0.25, -0.2) is 16.0 Å². The minimum atomic E-state index is -0.168. The summed E-state index contributed by atoms with van der Waals surface area (Å²) in [5.74, 6) is 6.80. The summed E-state index contributed by atoms with van der Waals surface area (Å²) in [6, 6.07) is 3.98. The summed E-state index contributed by atoms with van der Waals surface area (Å²) in [6.07, 6.45) is 5.92. The maximum absolute atomic E-state index is 10.8. The molecule has 0 aromatic heterocycles. The van der Waals surface area contributed by atoms with Gasteiger partial charge < -0.3 is 5.11 Å². The van der Waals surface area contributed by atoms with Gasteiger partial charge in [-0.1, -0.05) is 57.5 Å². The lowest BCUT2D eigenvalue weighted by Crippen LogP contribution is -2.52. The van der Waals surface area contributed by atoms with Crippen molar-refractivity contribution in [2.75, 3.05) is 12.2 Å². The molecule has 2 rings (SSSR count). The molecule has 1 aliphatic rings. The van der Waals surface area contributed by atoms with Crippen LogP contribution in [-0.4, -0.2) is 23.2 Å². The molecular formula is C19H28ClN3O. The molecular weight excluding hydrogens is 322 g/mol. The van der Waals surface area contributed by atoms with E-state index in [4.69, 9.17) is 17.4 Å². The molecule has 0 aliphatic heterocycles. The van der Waals surface area contributed by atoms with Crippen LogP contribution >= 0.6 is 11.6 Å². The third kappa shape index (κ3) is 3.77. The van der Waals surface area contributed by atoms with Gasteiger partial charge in [-0.2, -0.15) is 0 Å². The minimum Gasteiger partial charge on any atom is -0.505 e. The Morgan fingerprint density at radius 3 is 2.42 bits per heavy atom. The maximum Gasteiger partial charge on any atom is 0.145 e. The predicted molar refractivity (Wildman–Crippen MR) is 102 cm³/mol. The van der Waals surface area contributed by atoms with Crippen LogP contribution in [0, 0.1) is 12.8 Å². The van der Waals surface area contributed by atoms with Crippen molar-refractivity contribution >= 4 is 17.3 Å². The predicted octanol–water partition coefficient (Wildman–Crippen LogP) is 4.22. The number of likely N-dealkylation sites (N-methyl/N-ethyl adjacent to an activating group) is 1. The van der Waals surface area contributed by atoms with Crippen molar-refractivity contribution < 1.29 is 5.11 Å². The van der Waals surface area contributed by atoms with Crippen molar-refractivity contribution in [3.63, 3.8) is 0 Å². The number of hydrogen-bond donors (Lipinski definition) is 2. The van der Waals surface area contributed by atoms with E-state index in [1.165, 1.54) is 5.12 Å². The van der Waals surface area contributed by atoms with E-state index in [2.05, 4.69) is 27.7 Å². The Morgan fingerprint density at radius 1 is 1.25 bits per heavy atom. The Labute approximate surface area is 150 Å². The molecule has 24 heavy (non-hydrogen) atoms. The number of aromatic hydroxyl groups is 1. The molecule has 4 nitrogen and oxygen atoms in total. The Morgan fingerprint density at radius 2 is 1.88 bits per heavy atom. The molecule has 0 heterocycles. The van der Waals surface area contributed by atoms with Crippen LogP contribution in [0.1, 0.15) is 38.8 Å². The molecule has 5 heteroatoms. The Hall–Kier alpha value is -1.49. The first-order valence-electron chi connectivity index (χ1n) is 8.19. The molecule has 3 N–H and O–H groups in total. The molecule has 0 bridgehead atoms. The summed E-state index contributed by atoms with van der Waals surface area (Å²) in [6.45, 7) is 10.3. The molecule has 0 radical (unpaired) electrons. The maximum atomic E-state index is 10.8. The average molecular weight is 350 g/mol. The lowest BCUT2D eigenvalue weighted by atomic mass is 9.85. The second kappa shape index (κ2) is 6.79. The standard InChI is InChI=1S/C19H28ClN3O/c1-12-9-15(19(3,4)5)18(24)17(10-12)23(21)22(6)16-8-7-14(20)11-13(16)2/h7-11,13,16,24H,21H2,1-6H3. The van der Waals surface area contributed by atoms with E-state index in [0.717, 1.165) is 16.2 Å². The van der Waals surface area contributed by atoms with Gasteiger partial charge in [-0.05, 0) is 36.0 Å². The molecule has 1 aromatic carbocycles. The highest BCUT2D eigenvalue weighted by molar-refractivity contribution is 6.31. The van der Waals surface area contributed by atoms with E-state index in [1.54, 1.807) is 0 Å². The summed E-state index contributed by atoms with van der Waals surface area (Å²) in [5.41, 5.74) is 2.38. The molecule has 0 saturated carbocycles. The van der Waals surface area contributed by atoms with Crippen molar-refractivity contribution in [1.29, 1.82) is 0 Å². The fraction of sp³-hybridized carbons (Fsp3) is 0.474. The Kier molecular flexibility index (Phi) is 5.33. The van der Waals surface area contributed by atoms with Crippen LogP contribution in [0.2, 0.25) is 0 Å². The van der Waals surface area contributed by atoms with Crippen molar-refractivity contribution in [2.24, 2.45) is 11.8 Å². The first-order chi connectivity index (χ1) is 11.0. The molecule has 0 saturated heterocycles. The smallest absolute Gasteiger partial charge is 0.145 e. The number of nitrogens with two attached hydrogens (primary N) is 1. The fourth-order valence-electron chi connectivity index (χ4n) is 3.06. The van der Waals surface area contributed by atoms with E-state index in [0.29, 0.717) is 5.69 Å². The summed E-state index contributed by atoms with van der Waals surface area (Å²) in [4.78, 5) is 0. The van der Waals surface area contributed by atoms with E-state index in [1.807, 2.05) is 49.3 Å². The van der Waals surface area contributed by atoms with Crippen LogP contribution in [0.3, 0.4) is 0 Å². The van der Waals surface area contributed by atoms with Crippen molar-refractivity contribution in [2.45, 2.75) is 46.1 Å². The van der Waals surface area contributed by atoms with Gasteiger partial charge >= 0.3 is 0 Å². The van der Waals surface area contributed by atoms with E-state index < -0.39 is 0 Å². The SMILES string of the molecule is Cc1cc(N(N)N(C)C2C=CC(Cl)=CC2C)c(O)c(C(C)(C)C)c1. The molecule has 0 amide bonds. The average Bonchev–Trinajstić information content (AvgIpc) is 2.46. The van der Waals surface area contributed by atoms with Crippen LogP contribution in [0.5, 0.6) is 5.75 Å². The molecule has 2 unspecified atom stereocenters. The molecule has 0 fully saturated rings. The second-order valence-electron chi connectivity index (χ2n) is 7.61. The van der Waals surface area contributed by atoms with E-state index >= 15 is 0 Å². The van der Waals surface area contributed by atoms with Gasteiger partial charge in [0.25, 0.3) is 0 Å². The molecule has 1 aliphatic carbocycles. The number of allylic oxidation sites excluding steroid dienone is 2. The first kappa shape index (κ1) is 18.8. The molecule has 0 spiro atoms. The zero-order valence-corrected chi connectivity index (χ0v) is 16.1. The molecule has 132 valence electrons. The van der Waals surface area contributed by atoms with Crippen molar-refractivity contribution in [3.05, 3.63) is 46.5 Å². The highest BCUT2D eigenvalue weighted by Crippen LogP contribution is 2.39. The number of nitrogens with zero attached hydrogens (tertiary/aromatic N) is 2. The summed E-state index contributed by atoms with van der Waals surface area (Å²) in [5, 5.41) is 15.0. The lowest BCUT2D eigenvalue weighted by Gasteiger charge is -2.38. The van der Waals surface area contributed by atoms with Gasteiger partial charge in [-0.3, -0.25) is 0 Å². The number of rotatable bonds is 3. The number of halogens is 1. The van der Waals surface area contributed by atoms with Crippen LogP contribution in [0.4, 0.5) is 5.69 Å². The quantitative estimate of drug-likeness (QED) is 0.633. The van der Waals surface area contributed by atoms with Gasteiger partial charge in [0.2, 0.25) is 0 Å². The van der Waals surface area contributed by atoms with Crippen LogP contribution in [-0.2, 0) is 5.41 Å². The molecule has 2 atom stereocenters. The number of hydrogen-bond acceptors (Lipinski definition) is 4. The zero-order valence-electron chi connectivity index (χ0n) is 15.3. The number of benzene rings is 1. The normalized spacial score (nSPS) is 21.1. The highest BCUT2D eigenvalue weighted by Gasteiger charge is 2.28. The Balaban J connectivity index is 2.38. The lowest BCUT2D eigenvalue weighted by molar-refractivity contribution is 0.221. The van der Waals surface area contributed by atoms with Crippen molar-refractivity contribution in [1.82, 2.24) is 5.01 Å². The van der Waals surface area contributed by atoms with Crippen molar-refractivity contribution in [3.8, 4) is 5.75 Å². The third-order valence-corrected chi connectivity index (χ3v) is 4.73. The topological polar surface area (TPSA) is 52.7 Å². The number of phenols is 1. The second-order valence-corrected chi connectivity index (χ2v) is 8.05. The summed E-state index contributed by atoms with van der Waals surface area (Å²) < 4.78 is 0. The van der Waals surface area contributed by atoms with Gasteiger partial charge in [0, 0.05) is 17.6 Å². The monoisotopic (exact) mass is 349 g/mol. The van der Waals surface area contributed by atoms with Gasteiger partial charge in [-0.15, -0.1) is 0 Å². The number of anilines is 1. The summed E-state index contributed by atoms with van der Waals surface area (Å²) >= 11 is 6.07. The highest BCUT2D eigenvalue weighted by atomic mass is 35.5. The van der Waals surface area contributed by atoms with E-state index in [9.17, 15) is 5.11 Å². The first-order valence-corrected chi connectivity index (χ1v) is 8.57. The number of phenolic OH excluding ortho intramolecular Hbond substituents is 1. The number of hydrazine groups is 2.